The Bertz CT molecular complexity index is 1260. The third-order valence-corrected chi connectivity index (χ3v) is 4.56. The van der Waals surface area contributed by atoms with Crippen molar-refractivity contribution in [2.45, 2.75) is 13.3 Å². The molecular formula is C19H14FN7. The van der Waals surface area contributed by atoms with Gasteiger partial charge in [-0.2, -0.15) is 9.78 Å². The predicted octanol–water partition coefficient (Wildman–Crippen LogP) is 3.13. The van der Waals surface area contributed by atoms with Crippen molar-refractivity contribution in [3.8, 4) is 5.95 Å². The first kappa shape index (κ1) is 15.6. The van der Waals surface area contributed by atoms with Crippen molar-refractivity contribution in [1.82, 2.24) is 35.4 Å². The summed E-state index contributed by atoms with van der Waals surface area (Å²) in [7, 11) is 0. The van der Waals surface area contributed by atoms with Crippen molar-refractivity contribution < 1.29 is 4.39 Å². The second-order valence-electron chi connectivity index (χ2n) is 6.41. The number of aromatic nitrogens is 7. The minimum absolute atomic E-state index is 0.224. The summed E-state index contributed by atoms with van der Waals surface area (Å²) in [5.74, 6) is 0.200. The van der Waals surface area contributed by atoms with Crippen molar-refractivity contribution in [2.24, 2.45) is 0 Å². The first-order valence-corrected chi connectivity index (χ1v) is 8.45. The van der Waals surface area contributed by atoms with Crippen LogP contribution in [-0.4, -0.2) is 35.4 Å². The molecule has 0 unspecified atom stereocenters. The van der Waals surface area contributed by atoms with Gasteiger partial charge in [0.2, 0.25) is 0 Å². The Morgan fingerprint density at radius 1 is 1.04 bits per heavy atom. The average molecular weight is 359 g/mol. The molecule has 0 radical (unpaired) electrons. The van der Waals surface area contributed by atoms with Crippen LogP contribution in [0.2, 0.25) is 0 Å². The molecule has 7 nitrogen and oxygen atoms in total. The Labute approximate surface area is 152 Å². The predicted molar refractivity (Wildman–Crippen MR) is 98.0 cm³/mol. The van der Waals surface area contributed by atoms with E-state index in [0.29, 0.717) is 11.6 Å². The van der Waals surface area contributed by atoms with Crippen LogP contribution < -0.4 is 0 Å². The third-order valence-electron chi connectivity index (χ3n) is 4.56. The Hall–Kier alpha value is -3.68. The lowest BCUT2D eigenvalue weighted by molar-refractivity contribution is 0.627. The minimum atomic E-state index is -0.224. The van der Waals surface area contributed by atoms with Gasteiger partial charge in [-0.05, 0) is 65.2 Å². The summed E-state index contributed by atoms with van der Waals surface area (Å²) < 4.78 is 14.7. The normalized spacial score (nSPS) is 11.5. The van der Waals surface area contributed by atoms with Crippen LogP contribution in [-0.2, 0) is 6.42 Å². The molecule has 27 heavy (non-hydrogen) atoms. The third kappa shape index (κ3) is 2.71. The van der Waals surface area contributed by atoms with Gasteiger partial charge in [-0.25, -0.2) is 14.5 Å². The van der Waals surface area contributed by atoms with E-state index in [0.717, 1.165) is 39.5 Å². The molecule has 5 rings (SSSR count). The maximum absolute atomic E-state index is 13.1. The zero-order valence-corrected chi connectivity index (χ0v) is 14.4. The van der Waals surface area contributed by atoms with Gasteiger partial charge in [-0.3, -0.25) is 0 Å². The van der Waals surface area contributed by atoms with E-state index in [4.69, 9.17) is 4.98 Å². The molecule has 8 heteroatoms. The highest BCUT2D eigenvalue weighted by Crippen LogP contribution is 2.25. The molecule has 0 fully saturated rings. The summed E-state index contributed by atoms with van der Waals surface area (Å²) in [6.07, 6.45) is 0.732. The molecule has 0 amide bonds. The Morgan fingerprint density at radius 3 is 2.63 bits per heavy atom. The fourth-order valence-electron chi connectivity index (χ4n) is 3.23. The summed E-state index contributed by atoms with van der Waals surface area (Å²) in [5.41, 5.74) is 4.61. The monoisotopic (exact) mass is 359 g/mol. The van der Waals surface area contributed by atoms with Crippen LogP contribution in [0.4, 0.5) is 4.39 Å². The lowest BCUT2D eigenvalue weighted by atomic mass is 10.0. The number of tetrazole rings is 1. The second-order valence-corrected chi connectivity index (χ2v) is 6.41. The van der Waals surface area contributed by atoms with Crippen molar-refractivity contribution >= 4 is 21.9 Å². The van der Waals surface area contributed by atoms with Crippen molar-refractivity contribution in [1.29, 1.82) is 0 Å². The van der Waals surface area contributed by atoms with Crippen molar-refractivity contribution in [3.63, 3.8) is 0 Å². The SMILES string of the molecule is Cc1nn(-c2nnn[nH]2)c2nc3ccc(Cc4ccc(F)cc4)cc3cc12. The van der Waals surface area contributed by atoms with Gasteiger partial charge in [0.05, 0.1) is 11.2 Å². The van der Waals surface area contributed by atoms with E-state index in [1.165, 1.54) is 12.1 Å². The molecule has 0 aliphatic heterocycles. The highest BCUT2D eigenvalue weighted by atomic mass is 19.1. The van der Waals surface area contributed by atoms with Crippen molar-refractivity contribution in [2.75, 3.05) is 0 Å². The standard InChI is InChI=1S/C19H14FN7/c1-11-16-10-14-9-13(8-12-2-5-15(20)6-3-12)4-7-17(14)21-18(16)27(24-11)19-22-25-26-23-19/h2-7,9-10H,8H2,1H3,(H,22,23,25,26). The molecule has 3 heterocycles. The van der Waals surface area contributed by atoms with Crippen LogP contribution in [0.25, 0.3) is 27.9 Å². The first-order chi connectivity index (χ1) is 13.2. The number of hydrogen-bond acceptors (Lipinski definition) is 5. The molecule has 0 saturated heterocycles. The van der Waals surface area contributed by atoms with Crippen LogP contribution in [0.15, 0.2) is 48.5 Å². The largest absolute Gasteiger partial charge is 0.269 e. The summed E-state index contributed by atoms with van der Waals surface area (Å²) in [5, 5.41) is 20.3. The molecule has 0 aliphatic rings. The number of hydrogen-bond donors (Lipinski definition) is 1. The van der Waals surface area contributed by atoms with E-state index in [1.807, 2.05) is 19.1 Å². The van der Waals surface area contributed by atoms with Crippen molar-refractivity contribution in [3.05, 3.63) is 71.2 Å². The molecule has 3 aromatic heterocycles. The molecule has 5 aromatic rings. The number of rotatable bonds is 3. The van der Waals surface area contributed by atoms with E-state index in [-0.39, 0.29) is 5.82 Å². The first-order valence-electron chi connectivity index (χ1n) is 8.45. The molecule has 0 atom stereocenters. The smallest absolute Gasteiger partial charge is 0.228 e. The van der Waals surface area contributed by atoms with Gasteiger partial charge in [-0.15, -0.1) is 0 Å². The summed E-state index contributed by atoms with van der Waals surface area (Å²) in [4.78, 5) is 4.75. The quantitative estimate of drug-likeness (QED) is 0.535. The van der Waals surface area contributed by atoms with Crippen LogP contribution in [0.3, 0.4) is 0 Å². The van der Waals surface area contributed by atoms with Crippen LogP contribution >= 0.6 is 0 Å². The Balaban J connectivity index is 1.60. The number of benzene rings is 2. The zero-order valence-electron chi connectivity index (χ0n) is 14.4. The van der Waals surface area contributed by atoms with Gasteiger partial charge in [0, 0.05) is 10.8 Å². The molecule has 0 spiro atoms. The Kier molecular flexibility index (Phi) is 3.43. The fourth-order valence-corrected chi connectivity index (χ4v) is 3.23. The number of aromatic amines is 1. The lowest BCUT2D eigenvalue weighted by Crippen LogP contribution is -2.00. The van der Waals surface area contributed by atoms with Gasteiger partial charge in [-0.1, -0.05) is 23.3 Å². The van der Waals surface area contributed by atoms with Gasteiger partial charge < -0.3 is 0 Å². The zero-order chi connectivity index (χ0) is 18.4. The number of aryl methyl sites for hydroxylation is 1. The number of halogens is 1. The van der Waals surface area contributed by atoms with Crippen LogP contribution in [0, 0.1) is 12.7 Å². The van der Waals surface area contributed by atoms with Crippen LogP contribution in [0.1, 0.15) is 16.8 Å². The van der Waals surface area contributed by atoms with E-state index < -0.39 is 0 Å². The molecular weight excluding hydrogens is 345 g/mol. The maximum Gasteiger partial charge on any atom is 0.269 e. The number of H-pyrrole nitrogens is 1. The molecule has 0 saturated carbocycles. The highest BCUT2D eigenvalue weighted by Gasteiger charge is 2.14. The topological polar surface area (TPSA) is 85.2 Å². The fraction of sp³-hybridized carbons (Fsp3) is 0.105. The minimum Gasteiger partial charge on any atom is -0.228 e. The molecule has 0 aliphatic carbocycles. The van der Waals surface area contributed by atoms with E-state index in [1.54, 1.807) is 16.8 Å². The molecule has 132 valence electrons. The lowest BCUT2D eigenvalue weighted by Gasteiger charge is -2.05. The number of nitrogens with one attached hydrogen (secondary N) is 1. The van der Waals surface area contributed by atoms with E-state index in [9.17, 15) is 4.39 Å². The summed E-state index contributed by atoms with van der Waals surface area (Å²) in [6, 6.07) is 14.8. The number of fused-ring (bicyclic) bond motifs is 2. The van der Waals surface area contributed by atoms with Gasteiger partial charge in [0.1, 0.15) is 5.82 Å². The number of pyridine rings is 1. The summed E-state index contributed by atoms with van der Waals surface area (Å²) >= 11 is 0. The molecule has 0 bridgehead atoms. The van der Waals surface area contributed by atoms with Crippen LogP contribution in [0.5, 0.6) is 0 Å². The molecule has 1 N–H and O–H groups in total. The van der Waals surface area contributed by atoms with E-state index in [2.05, 4.69) is 37.9 Å². The van der Waals surface area contributed by atoms with Gasteiger partial charge >= 0.3 is 0 Å². The van der Waals surface area contributed by atoms with E-state index >= 15 is 0 Å². The summed E-state index contributed by atoms with van der Waals surface area (Å²) in [6.45, 7) is 1.93. The Morgan fingerprint density at radius 2 is 1.85 bits per heavy atom. The average Bonchev–Trinajstić information content (AvgIpc) is 3.31. The second kappa shape index (κ2) is 5.94. The highest BCUT2D eigenvalue weighted by molar-refractivity contribution is 5.93. The molecule has 2 aromatic carbocycles. The maximum atomic E-state index is 13.1. The van der Waals surface area contributed by atoms with Gasteiger partial charge in [0.25, 0.3) is 5.95 Å². The van der Waals surface area contributed by atoms with Gasteiger partial charge in [0.15, 0.2) is 5.65 Å². The number of nitrogens with zero attached hydrogens (tertiary/aromatic N) is 6.